The Morgan fingerprint density at radius 1 is 1.21 bits per heavy atom. The fourth-order valence-electron chi connectivity index (χ4n) is 3.53. The van der Waals surface area contributed by atoms with Crippen LogP contribution in [0.1, 0.15) is 66.2 Å². The van der Waals surface area contributed by atoms with Crippen LogP contribution in [0.5, 0.6) is 0 Å². The second-order valence-electron chi connectivity index (χ2n) is 7.53. The molecule has 1 N–H and O–H groups in total. The zero-order chi connectivity index (χ0) is 14.1. The second-order valence-corrected chi connectivity index (χ2v) is 7.53. The lowest BCUT2D eigenvalue weighted by Crippen LogP contribution is -2.50. The lowest BCUT2D eigenvalue weighted by Gasteiger charge is -2.38. The minimum absolute atomic E-state index is 0.0158. The molecule has 2 rings (SSSR count). The normalized spacial score (nSPS) is 28.3. The van der Waals surface area contributed by atoms with Crippen LogP contribution >= 0.6 is 0 Å². The van der Waals surface area contributed by atoms with Crippen molar-refractivity contribution in [2.75, 3.05) is 6.54 Å². The molecule has 3 heteroatoms. The number of hydrogen-bond acceptors (Lipinski definition) is 3. The van der Waals surface area contributed by atoms with Gasteiger partial charge in [-0.3, -0.25) is 4.79 Å². The van der Waals surface area contributed by atoms with Crippen molar-refractivity contribution in [2.24, 2.45) is 11.3 Å². The molecule has 3 nitrogen and oxygen atoms in total. The van der Waals surface area contributed by atoms with Crippen LogP contribution in [0.2, 0.25) is 0 Å². The SMILES string of the molecule is CC1(C)CC(OC(=O)C(C)(C)C2CCCC2)CCN1. The van der Waals surface area contributed by atoms with Crippen LogP contribution in [-0.4, -0.2) is 24.2 Å². The summed E-state index contributed by atoms with van der Waals surface area (Å²) in [4.78, 5) is 12.5. The topological polar surface area (TPSA) is 38.3 Å². The summed E-state index contributed by atoms with van der Waals surface area (Å²) in [7, 11) is 0. The van der Waals surface area contributed by atoms with Crippen LogP contribution in [-0.2, 0) is 9.53 Å². The Balaban J connectivity index is 1.92. The molecule has 0 aromatic rings. The smallest absolute Gasteiger partial charge is 0.312 e. The lowest BCUT2D eigenvalue weighted by molar-refractivity contribution is -0.165. The molecule has 1 saturated heterocycles. The second kappa shape index (κ2) is 5.43. The highest BCUT2D eigenvalue weighted by Crippen LogP contribution is 2.41. The van der Waals surface area contributed by atoms with E-state index in [-0.39, 0.29) is 23.0 Å². The molecule has 1 atom stereocenters. The maximum Gasteiger partial charge on any atom is 0.312 e. The summed E-state index contributed by atoms with van der Waals surface area (Å²) in [5, 5.41) is 3.46. The average molecular weight is 267 g/mol. The van der Waals surface area contributed by atoms with Crippen molar-refractivity contribution in [3.63, 3.8) is 0 Å². The quantitative estimate of drug-likeness (QED) is 0.798. The fourth-order valence-corrected chi connectivity index (χ4v) is 3.53. The van der Waals surface area contributed by atoms with Gasteiger partial charge < -0.3 is 10.1 Å². The molecule has 19 heavy (non-hydrogen) atoms. The van der Waals surface area contributed by atoms with Crippen LogP contribution in [0.15, 0.2) is 0 Å². The van der Waals surface area contributed by atoms with Gasteiger partial charge in [-0.15, -0.1) is 0 Å². The molecular weight excluding hydrogens is 238 g/mol. The molecule has 1 aliphatic heterocycles. The fraction of sp³-hybridized carbons (Fsp3) is 0.938. The molecule has 2 aliphatic rings. The van der Waals surface area contributed by atoms with Crippen LogP contribution < -0.4 is 5.32 Å². The van der Waals surface area contributed by atoms with Gasteiger partial charge in [0.25, 0.3) is 0 Å². The van der Waals surface area contributed by atoms with E-state index in [1.807, 2.05) is 0 Å². The van der Waals surface area contributed by atoms with Crippen molar-refractivity contribution in [1.29, 1.82) is 0 Å². The summed E-state index contributed by atoms with van der Waals surface area (Å²) in [5.41, 5.74) is -0.230. The Labute approximate surface area is 117 Å². The summed E-state index contributed by atoms with van der Waals surface area (Å²) in [5.74, 6) is 0.525. The third kappa shape index (κ3) is 3.50. The number of esters is 1. The van der Waals surface area contributed by atoms with Gasteiger partial charge in [0.2, 0.25) is 0 Å². The van der Waals surface area contributed by atoms with E-state index in [4.69, 9.17) is 4.74 Å². The molecule has 0 spiro atoms. The van der Waals surface area contributed by atoms with Gasteiger partial charge in [0.1, 0.15) is 6.10 Å². The van der Waals surface area contributed by atoms with Gasteiger partial charge in [0, 0.05) is 12.0 Å². The number of ether oxygens (including phenoxy) is 1. The van der Waals surface area contributed by atoms with Gasteiger partial charge >= 0.3 is 5.97 Å². The summed E-state index contributed by atoms with van der Waals surface area (Å²) in [6, 6.07) is 0. The lowest BCUT2D eigenvalue weighted by atomic mass is 9.77. The zero-order valence-electron chi connectivity index (χ0n) is 12.9. The van der Waals surface area contributed by atoms with E-state index >= 15 is 0 Å². The van der Waals surface area contributed by atoms with Crippen molar-refractivity contribution in [2.45, 2.75) is 77.9 Å². The molecule has 0 amide bonds. The van der Waals surface area contributed by atoms with Crippen molar-refractivity contribution in [1.82, 2.24) is 5.32 Å². The van der Waals surface area contributed by atoms with Crippen molar-refractivity contribution < 1.29 is 9.53 Å². The van der Waals surface area contributed by atoms with E-state index in [0.717, 1.165) is 19.4 Å². The molecule has 1 aliphatic carbocycles. The standard InChI is InChI=1S/C16H29NO2/c1-15(2)11-13(9-10-17-15)19-14(18)16(3,4)12-7-5-6-8-12/h12-13,17H,5-11H2,1-4H3. The molecule has 0 aromatic heterocycles. The number of piperidine rings is 1. The van der Waals surface area contributed by atoms with Crippen LogP contribution in [0.4, 0.5) is 0 Å². The highest BCUT2D eigenvalue weighted by atomic mass is 16.5. The number of rotatable bonds is 3. The third-order valence-corrected chi connectivity index (χ3v) is 4.98. The zero-order valence-corrected chi connectivity index (χ0v) is 12.9. The molecule has 0 aromatic carbocycles. The molecule has 1 heterocycles. The van der Waals surface area contributed by atoms with Crippen LogP contribution in [0.3, 0.4) is 0 Å². The summed E-state index contributed by atoms with van der Waals surface area (Å²) in [6.45, 7) is 9.42. The number of hydrogen-bond donors (Lipinski definition) is 1. The average Bonchev–Trinajstić information content (AvgIpc) is 2.81. The predicted molar refractivity (Wildman–Crippen MR) is 76.9 cm³/mol. The summed E-state index contributed by atoms with van der Waals surface area (Å²) < 4.78 is 5.83. The molecule has 110 valence electrons. The molecule has 2 fully saturated rings. The van der Waals surface area contributed by atoms with Gasteiger partial charge in [-0.1, -0.05) is 12.8 Å². The van der Waals surface area contributed by atoms with E-state index in [9.17, 15) is 4.79 Å². The maximum absolute atomic E-state index is 12.5. The van der Waals surface area contributed by atoms with Crippen molar-refractivity contribution in [3.05, 3.63) is 0 Å². The van der Waals surface area contributed by atoms with E-state index in [2.05, 4.69) is 33.0 Å². The van der Waals surface area contributed by atoms with Gasteiger partial charge in [-0.25, -0.2) is 0 Å². The molecule has 0 radical (unpaired) electrons. The van der Waals surface area contributed by atoms with E-state index in [0.29, 0.717) is 5.92 Å². The molecular formula is C16H29NO2. The van der Waals surface area contributed by atoms with Gasteiger partial charge in [0.15, 0.2) is 0 Å². The van der Waals surface area contributed by atoms with Crippen molar-refractivity contribution in [3.8, 4) is 0 Å². The first-order chi connectivity index (χ1) is 8.81. The van der Waals surface area contributed by atoms with E-state index < -0.39 is 0 Å². The molecule has 0 bridgehead atoms. The first-order valence-electron chi connectivity index (χ1n) is 7.77. The Morgan fingerprint density at radius 3 is 2.42 bits per heavy atom. The monoisotopic (exact) mass is 267 g/mol. The largest absolute Gasteiger partial charge is 0.462 e. The van der Waals surface area contributed by atoms with Gasteiger partial charge in [0.05, 0.1) is 5.41 Å². The minimum atomic E-state index is -0.314. The Kier molecular flexibility index (Phi) is 4.24. The maximum atomic E-state index is 12.5. The first-order valence-corrected chi connectivity index (χ1v) is 7.77. The van der Waals surface area contributed by atoms with E-state index in [1.165, 1.54) is 25.7 Å². The van der Waals surface area contributed by atoms with Crippen LogP contribution in [0, 0.1) is 11.3 Å². The summed E-state index contributed by atoms with van der Waals surface area (Å²) in [6.07, 6.45) is 6.84. The van der Waals surface area contributed by atoms with Gasteiger partial charge in [-0.2, -0.15) is 0 Å². The highest BCUT2D eigenvalue weighted by molar-refractivity contribution is 5.76. The highest BCUT2D eigenvalue weighted by Gasteiger charge is 2.41. The summed E-state index contributed by atoms with van der Waals surface area (Å²) >= 11 is 0. The Bertz CT molecular complexity index is 330. The number of carbonyl (C=O) groups is 1. The molecule has 1 saturated carbocycles. The minimum Gasteiger partial charge on any atom is -0.462 e. The first kappa shape index (κ1) is 14.8. The number of nitrogens with one attached hydrogen (secondary N) is 1. The van der Waals surface area contributed by atoms with E-state index in [1.54, 1.807) is 0 Å². The molecule has 1 unspecified atom stereocenters. The number of carbonyl (C=O) groups excluding carboxylic acids is 1. The third-order valence-electron chi connectivity index (χ3n) is 4.98. The predicted octanol–water partition coefficient (Wildman–Crippen LogP) is 3.28. The van der Waals surface area contributed by atoms with Crippen LogP contribution in [0.25, 0.3) is 0 Å². The Hall–Kier alpha value is -0.570. The Morgan fingerprint density at radius 2 is 1.84 bits per heavy atom. The van der Waals surface area contributed by atoms with Gasteiger partial charge in [-0.05, 0) is 59.4 Å². The van der Waals surface area contributed by atoms with Crippen molar-refractivity contribution >= 4 is 5.97 Å².